The van der Waals surface area contributed by atoms with Gasteiger partial charge < -0.3 is 14.4 Å². The topological polar surface area (TPSA) is 42.0 Å². The lowest BCUT2D eigenvalue weighted by Crippen LogP contribution is -2.44. The maximum atomic E-state index is 12.9. The number of methoxy groups -OCH3 is 2. The first-order chi connectivity index (χ1) is 12.6. The molecule has 0 aromatic heterocycles. The van der Waals surface area contributed by atoms with E-state index >= 15 is 0 Å². The molecule has 1 fully saturated rings. The highest BCUT2D eigenvalue weighted by Gasteiger charge is 2.25. The van der Waals surface area contributed by atoms with Crippen LogP contribution in [0.5, 0.6) is 11.5 Å². The second kappa shape index (κ2) is 8.76. The Morgan fingerprint density at radius 3 is 2.31 bits per heavy atom. The zero-order valence-corrected chi connectivity index (χ0v) is 16.4. The Kier molecular flexibility index (Phi) is 6.41. The predicted octanol–water partition coefficient (Wildman–Crippen LogP) is 3.24. The van der Waals surface area contributed by atoms with Gasteiger partial charge in [-0.3, -0.25) is 9.69 Å². The molecule has 5 heteroatoms. The number of amides is 1. The van der Waals surface area contributed by atoms with E-state index in [0.717, 1.165) is 24.5 Å². The number of carbonyl (C=O) groups is 1. The highest BCUT2D eigenvalue weighted by Crippen LogP contribution is 2.33. The summed E-state index contributed by atoms with van der Waals surface area (Å²) < 4.78 is 10.8. The van der Waals surface area contributed by atoms with Gasteiger partial charge in [0, 0.05) is 19.1 Å². The first kappa shape index (κ1) is 19.0. The highest BCUT2D eigenvalue weighted by molar-refractivity contribution is 5.78. The molecule has 0 spiro atoms. The molecule has 1 heterocycles. The van der Waals surface area contributed by atoms with Gasteiger partial charge in [0.05, 0.1) is 20.8 Å². The van der Waals surface area contributed by atoms with Crippen LogP contribution >= 0.6 is 0 Å². The molecule has 144 valence electrons. The Balaban J connectivity index is 1.63. The maximum absolute atomic E-state index is 12.9. The fourth-order valence-electron chi connectivity index (χ4n) is 4.24. The number of carbonyl (C=O) groups excluding carboxylic acids is 1. The van der Waals surface area contributed by atoms with Crippen LogP contribution < -0.4 is 9.47 Å². The molecule has 5 nitrogen and oxygen atoms in total. The summed E-state index contributed by atoms with van der Waals surface area (Å²) in [7, 11) is 5.42. The molecule has 0 saturated heterocycles. The average Bonchev–Trinajstić information content (AvgIpc) is 2.95. The van der Waals surface area contributed by atoms with Crippen molar-refractivity contribution in [2.45, 2.75) is 57.5 Å². The van der Waals surface area contributed by atoms with E-state index in [1.807, 2.05) is 17.0 Å². The summed E-state index contributed by atoms with van der Waals surface area (Å²) in [6, 6.07) is 4.62. The van der Waals surface area contributed by atoms with Gasteiger partial charge in [0.25, 0.3) is 0 Å². The minimum atomic E-state index is 0.234. The second-order valence-electron chi connectivity index (χ2n) is 7.60. The average molecular weight is 360 g/mol. The molecule has 0 radical (unpaired) electrons. The lowest BCUT2D eigenvalue weighted by Gasteiger charge is -2.33. The Hall–Kier alpha value is -1.75. The van der Waals surface area contributed by atoms with Crippen LogP contribution in [-0.2, 0) is 17.8 Å². The van der Waals surface area contributed by atoms with Gasteiger partial charge in [-0.05, 0) is 49.6 Å². The largest absolute Gasteiger partial charge is 0.493 e. The quantitative estimate of drug-likeness (QED) is 0.756. The Morgan fingerprint density at radius 1 is 1.08 bits per heavy atom. The molecule has 1 saturated carbocycles. The summed E-state index contributed by atoms with van der Waals surface area (Å²) in [5.41, 5.74) is 2.42. The third-order valence-electron chi connectivity index (χ3n) is 5.90. The van der Waals surface area contributed by atoms with Crippen molar-refractivity contribution in [2.24, 2.45) is 0 Å². The van der Waals surface area contributed by atoms with Crippen molar-refractivity contribution in [1.82, 2.24) is 9.80 Å². The molecule has 0 N–H and O–H groups in total. The van der Waals surface area contributed by atoms with Crippen molar-refractivity contribution < 1.29 is 14.3 Å². The standard InChI is InChI=1S/C21H32N2O3/c1-22(18-8-6-4-5-7-9-18)15-21(24)23-11-10-16-12-19(25-2)20(26-3)13-17(16)14-23/h12-13,18H,4-11,14-15H2,1-3H3. The van der Waals surface area contributed by atoms with Gasteiger partial charge in [-0.1, -0.05) is 25.7 Å². The van der Waals surface area contributed by atoms with E-state index in [0.29, 0.717) is 19.1 Å². The number of ether oxygens (including phenoxy) is 2. The third-order valence-corrected chi connectivity index (χ3v) is 5.90. The van der Waals surface area contributed by atoms with Gasteiger partial charge >= 0.3 is 0 Å². The Bertz CT molecular complexity index is 624. The number of benzene rings is 1. The molecule has 1 amide bonds. The zero-order valence-electron chi connectivity index (χ0n) is 16.4. The van der Waals surface area contributed by atoms with E-state index < -0.39 is 0 Å². The van der Waals surface area contributed by atoms with Gasteiger partial charge in [0.2, 0.25) is 5.91 Å². The van der Waals surface area contributed by atoms with Crippen molar-refractivity contribution in [3.05, 3.63) is 23.3 Å². The summed E-state index contributed by atoms with van der Waals surface area (Å²) in [6.45, 7) is 1.96. The van der Waals surface area contributed by atoms with Crippen LogP contribution in [0.4, 0.5) is 0 Å². The molecule has 1 aliphatic carbocycles. The van der Waals surface area contributed by atoms with E-state index in [9.17, 15) is 4.79 Å². The van der Waals surface area contributed by atoms with Crippen LogP contribution in [0.15, 0.2) is 12.1 Å². The van der Waals surface area contributed by atoms with E-state index in [1.54, 1.807) is 14.2 Å². The Morgan fingerprint density at radius 2 is 1.69 bits per heavy atom. The molecule has 26 heavy (non-hydrogen) atoms. The predicted molar refractivity (Wildman–Crippen MR) is 103 cm³/mol. The molecular weight excluding hydrogens is 328 g/mol. The monoisotopic (exact) mass is 360 g/mol. The van der Waals surface area contributed by atoms with Crippen molar-refractivity contribution >= 4 is 5.91 Å². The van der Waals surface area contributed by atoms with Gasteiger partial charge in [0.1, 0.15) is 0 Å². The SMILES string of the molecule is COc1cc2c(cc1OC)CN(C(=O)CN(C)C1CCCCCC1)CC2. The van der Waals surface area contributed by atoms with Crippen molar-refractivity contribution in [3.63, 3.8) is 0 Å². The smallest absolute Gasteiger partial charge is 0.237 e. The summed E-state index contributed by atoms with van der Waals surface area (Å²) in [4.78, 5) is 17.1. The zero-order chi connectivity index (χ0) is 18.5. The summed E-state index contributed by atoms with van der Waals surface area (Å²) >= 11 is 0. The summed E-state index contributed by atoms with van der Waals surface area (Å²) in [6.07, 6.45) is 8.59. The first-order valence-corrected chi connectivity index (χ1v) is 9.84. The molecule has 2 aliphatic rings. The van der Waals surface area contributed by atoms with Gasteiger partial charge in [0.15, 0.2) is 11.5 Å². The van der Waals surface area contributed by atoms with Crippen molar-refractivity contribution in [2.75, 3.05) is 34.4 Å². The van der Waals surface area contributed by atoms with Gasteiger partial charge in [-0.2, -0.15) is 0 Å². The normalized spacial score (nSPS) is 18.4. The molecule has 1 aromatic carbocycles. The fourth-order valence-corrected chi connectivity index (χ4v) is 4.24. The van der Waals surface area contributed by atoms with Crippen LogP contribution in [0.25, 0.3) is 0 Å². The van der Waals surface area contributed by atoms with Crippen molar-refractivity contribution in [1.29, 1.82) is 0 Å². The molecular formula is C21H32N2O3. The lowest BCUT2D eigenvalue weighted by atomic mass is 9.98. The van der Waals surface area contributed by atoms with E-state index in [2.05, 4.69) is 11.9 Å². The van der Waals surface area contributed by atoms with Crippen LogP contribution in [0, 0.1) is 0 Å². The molecule has 1 aromatic rings. The van der Waals surface area contributed by atoms with Crippen LogP contribution in [-0.4, -0.2) is 56.1 Å². The van der Waals surface area contributed by atoms with Gasteiger partial charge in [-0.25, -0.2) is 0 Å². The molecule has 0 atom stereocenters. The maximum Gasteiger partial charge on any atom is 0.237 e. The minimum absolute atomic E-state index is 0.234. The van der Waals surface area contributed by atoms with Gasteiger partial charge in [-0.15, -0.1) is 0 Å². The first-order valence-electron chi connectivity index (χ1n) is 9.84. The van der Waals surface area contributed by atoms with Crippen molar-refractivity contribution in [3.8, 4) is 11.5 Å². The number of nitrogens with zero attached hydrogens (tertiary/aromatic N) is 2. The third kappa shape index (κ3) is 4.32. The molecule has 1 aliphatic heterocycles. The summed E-state index contributed by atoms with van der Waals surface area (Å²) in [5.74, 6) is 1.73. The van der Waals surface area contributed by atoms with Crippen LogP contribution in [0.2, 0.25) is 0 Å². The van der Waals surface area contributed by atoms with Crippen LogP contribution in [0.1, 0.15) is 49.7 Å². The molecule has 3 rings (SSSR count). The van der Waals surface area contributed by atoms with Crippen LogP contribution in [0.3, 0.4) is 0 Å². The number of rotatable bonds is 5. The van der Waals surface area contributed by atoms with E-state index in [1.165, 1.54) is 49.7 Å². The van der Waals surface area contributed by atoms with E-state index in [-0.39, 0.29) is 5.91 Å². The Labute approximate surface area is 157 Å². The number of hydrogen-bond donors (Lipinski definition) is 0. The second-order valence-corrected chi connectivity index (χ2v) is 7.60. The molecule has 0 bridgehead atoms. The summed E-state index contributed by atoms with van der Waals surface area (Å²) in [5, 5.41) is 0. The number of hydrogen-bond acceptors (Lipinski definition) is 4. The number of fused-ring (bicyclic) bond motifs is 1. The minimum Gasteiger partial charge on any atom is -0.493 e. The number of likely N-dealkylation sites (N-methyl/N-ethyl adjacent to an activating group) is 1. The highest BCUT2D eigenvalue weighted by atomic mass is 16.5. The fraction of sp³-hybridized carbons (Fsp3) is 0.667. The van der Waals surface area contributed by atoms with E-state index in [4.69, 9.17) is 9.47 Å². The molecule has 0 unspecified atom stereocenters. The lowest BCUT2D eigenvalue weighted by molar-refractivity contribution is -0.133.